The lowest BCUT2D eigenvalue weighted by Gasteiger charge is -2.44. The van der Waals surface area contributed by atoms with Gasteiger partial charge in [-0.15, -0.1) is 0 Å². The summed E-state index contributed by atoms with van der Waals surface area (Å²) in [5.74, 6) is -1.92. The Morgan fingerprint density at radius 3 is 2.27 bits per heavy atom. The van der Waals surface area contributed by atoms with Gasteiger partial charge in [-0.1, -0.05) is 39.3 Å². The van der Waals surface area contributed by atoms with Gasteiger partial charge in [-0.25, -0.2) is 0 Å². The van der Waals surface area contributed by atoms with Crippen molar-refractivity contribution in [3.8, 4) is 0 Å². The second-order valence-corrected chi connectivity index (χ2v) is 11.6. The molecule has 2 unspecified atom stereocenters. The van der Waals surface area contributed by atoms with Crippen molar-refractivity contribution in [2.24, 2.45) is 34.0 Å². The van der Waals surface area contributed by atoms with Gasteiger partial charge in [0, 0.05) is 5.92 Å². The van der Waals surface area contributed by atoms with Crippen LogP contribution in [0.25, 0.3) is 0 Å². The largest absolute Gasteiger partial charge is 0.511 e. The van der Waals surface area contributed by atoms with E-state index in [1.54, 1.807) is 27.7 Å². The first-order valence-corrected chi connectivity index (χ1v) is 11.1. The Bertz CT molecular complexity index is 836. The molecule has 0 aromatic heterocycles. The Morgan fingerprint density at radius 1 is 1.23 bits per heavy atom. The van der Waals surface area contributed by atoms with E-state index in [9.17, 15) is 24.9 Å². The molecule has 3 N–H and O–H groups in total. The molecule has 0 aliphatic heterocycles. The molecule has 2 bridgehead atoms. The van der Waals surface area contributed by atoms with Gasteiger partial charge in [0.15, 0.2) is 11.6 Å². The van der Waals surface area contributed by atoms with Gasteiger partial charge in [-0.3, -0.25) is 9.59 Å². The average molecular weight is 419 g/mol. The number of aliphatic hydroxyl groups is 3. The van der Waals surface area contributed by atoms with Crippen molar-refractivity contribution >= 4 is 11.6 Å². The van der Waals surface area contributed by atoms with Crippen LogP contribution in [0.5, 0.6) is 0 Å². The Balaban J connectivity index is 2.29. The molecule has 30 heavy (non-hydrogen) atoms. The molecule has 0 radical (unpaired) electrons. The zero-order chi connectivity index (χ0) is 23.0. The van der Waals surface area contributed by atoms with Gasteiger partial charge < -0.3 is 15.3 Å². The molecule has 5 atom stereocenters. The Kier molecular flexibility index (Phi) is 5.24. The van der Waals surface area contributed by atoms with Crippen molar-refractivity contribution in [3.63, 3.8) is 0 Å². The van der Waals surface area contributed by atoms with Crippen LogP contribution in [0.3, 0.4) is 0 Å². The van der Waals surface area contributed by atoms with Crippen molar-refractivity contribution in [2.45, 2.75) is 86.4 Å². The second kappa shape index (κ2) is 6.77. The minimum absolute atomic E-state index is 0.118. The van der Waals surface area contributed by atoms with E-state index in [-0.39, 0.29) is 29.0 Å². The molecule has 0 saturated heterocycles. The van der Waals surface area contributed by atoms with Gasteiger partial charge in [0.2, 0.25) is 0 Å². The smallest absolute Gasteiger partial charge is 0.178 e. The number of Topliss-reactive ketones (excluding diaryl/α,β-unsaturated/α-hetero) is 2. The predicted octanol–water partition coefficient (Wildman–Crippen LogP) is 4.13. The highest BCUT2D eigenvalue weighted by Gasteiger charge is 2.78. The molecule has 0 amide bonds. The summed E-state index contributed by atoms with van der Waals surface area (Å²) in [5, 5.41) is 33.9. The fourth-order valence-electron chi connectivity index (χ4n) is 6.91. The number of hydrogen-bond acceptors (Lipinski definition) is 5. The number of carbonyl (C=O) groups is 2. The van der Waals surface area contributed by atoms with E-state index in [2.05, 4.69) is 0 Å². The van der Waals surface area contributed by atoms with Gasteiger partial charge in [0.25, 0.3) is 0 Å². The first-order valence-electron chi connectivity index (χ1n) is 11.1. The van der Waals surface area contributed by atoms with Crippen molar-refractivity contribution in [1.82, 2.24) is 0 Å². The molecule has 0 aromatic rings. The van der Waals surface area contributed by atoms with Gasteiger partial charge in [0.05, 0.1) is 28.1 Å². The maximum Gasteiger partial charge on any atom is 0.178 e. The zero-order valence-corrected chi connectivity index (χ0v) is 19.7. The molecule has 3 aliphatic carbocycles. The van der Waals surface area contributed by atoms with Crippen LogP contribution in [0.4, 0.5) is 0 Å². The highest BCUT2D eigenvalue weighted by Crippen LogP contribution is 2.74. The Morgan fingerprint density at radius 2 is 1.80 bits per heavy atom. The minimum atomic E-state index is -1.16. The van der Waals surface area contributed by atoms with Crippen LogP contribution in [-0.2, 0) is 9.59 Å². The lowest BCUT2D eigenvalue weighted by Crippen LogP contribution is -2.53. The van der Waals surface area contributed by atoms with Crippen molar-refractivity contribution in [3.05, 3.63) is 23.0 Å². The third-order valence-electron chi connectivity index (χ3n) is 8.40. The molecule has 3 rings (SSSR count). The number of allylic oxidation sites excluding steroid dienone is 3. The predicted molar refractivity (Wildman–Crippen MR) is 116 cm³/mol. The summed E-state index contributed by atoms with van der Waals surface area (Å²) in [5.41, 5.74) is -2.74. The Hall–Kier alpha value is -1.46. The number of aliphatic hydroxyl groups excluding tert-OH is 2. The highest BCUT2D eigenvalue weighted by atomic mass is 16.3. The highest BCUT2D eigenvalue weighted by molar-refractivity contribution is 6.24. The molecule has 0 heterocycles. The van der Waals surface area contributed by atoms with Crippen LogP contribution in [0.1, 0.15) is 74.7 Å². The average Bonchev–Trinajstić information content (AvgIpc) is 2.97. The lowest BCUT2D eigenvalue weighted by molar-refractivity contribution is -0.141. The summed E-state index contributed by atoms with van der Waals surface area (Å²) in [7, 11) is 0. The zero-order valence-electron chi connectivity index (χ0n) is 19.7. The molecule has 0 aromatic carbocycles. The van der Waals surface area contributed by atoms with E-state index in [1.807, 2.05) is 33.8 Å². The number of hydrogen-bond donors (Lipinski definition) is 3. The van der Waals surface area contributed by atoms with E-state index in [4.69, 9.17) is 0 Å². The number of ketones is 2. The summed E-state index contributed by atoms with van der Waals surface area (Å²) >= 11 is 0. The van der Waals surface area contributed by atoms with E-state index in [0.29, 0.717) is 19.3 Å². The molecule has 3 aliphatic rings. The second-order valence-electron chi connectivity index (χ2n) is 11.6. The summed E-state index contributed by atoms with van der Waals surface area (Å²) in [6.45, 7) is 14.9. The fourth-order valence-corrected chi connectivity index (χ4v) is 6.91. The van der Waals surface area contributed by atoms with E-state index >= 15 is 0 Å². The third kappa shape index (κ3) is 2.81. The maximum atomic E-state index is 13.9. The lowest BCUT2D eigenvalue weighted by atomic mass is 9.61. The summed E-state index contributed by atoms with van der Waals surface area (Å²) in [6, 6.07) is 0. The molecule has 168 valence electrons. The first-order chi connectivity index (χ1) is 13.5. The van der Waals surface area contributed by atoms with Crippen LogP contribution in [-0.4, -0.2) is 38.6 Å². The van der Waals surface area contributed by atoms with Crippen LogP contribution in [0.2, 0.25) is 0 Å². The minimum Gasteiger partial charge on any atom is -0.511 e. The molecule has 2 saturated carbocycles. The number of fused-ring (bicyclic) bond motifs is 1. The van der Waals surface area contributed by atoms with Gasteiger partial charge >= 0.3 is 0 Å². The van der Waals surface area contributed by atoms with Crippen molar-refractivity contribution in [1.29, 1.82) is 0 Å². The summed E-state index contributed by atoms with van der Waals surface area (Å²) in [4.78, 5) is 27.0. The van der Waals surface area contributed by atoms with Crippen LogP contribution in [0, 0.1) is 34.0 Å². The SMILES string of the molecule is CC(C)=CCC12C[C@H]3C(C)(C)[C@@H](C(C)(C)O)C[C@@]3(C(=O)C(C(=O)C(C)C)=C1O)C2O. The standard InChI is InChI=1S/C25H38O5/c1-13(2)9-10-24-11-16-22(5,6)15(23(7,8)30)12-25(16,21(24)29)20(28)17(19(24)27)18(26)14(3)4/h9,14-16,21,27,29-30H,10-12H2,1-8H3/t15-,16-,21?,24?,25+/m0/s1. The third-order valence-corrected chi connectivity index (χ3v) is 8.40. The van der Waals surface area contributed by atoms with Gasteiger partial charge in [-0.05, 0) is 64.2 Å². The maximum absolute atomic E-state index is 13.9. The van der Waals surface area contributed by atoms with Crippen LogP contribution < -0.4 is 0 Å². The summed E-state index contributed by atoms with van der Waals surface area (Å²) in [6.07, 6.45) is 2.00. The van der Waals surface area contributed by atoms with Gasteiger partial charge in [0.1, 0.15) is 5.76 Å². The molecule has 5 nitrogen and oxygen atoms in total. The van der Waals surface area contributed by atoms with E-state index < -0.39 is 39.7 Å². The molecule has 5 heteroatoms. The Labute approximate surface area is 180 Å². The monoisotopic (exact) mass is 418 g/mol. The summed E-state index contributed by atoms with van der Waals surface area (Å²) < 4.78 is 0. The quantitative estimate of drug-likeness (QED) is 0.461. The van der Waals surface area contributed by atoms with Crippen molar-refractivity contribution < 1.29 is 24.9 Å². The topological polar surface area (TPSA) is 94.8 Å². The molecule has 1 spiro atoms. The number of rotatable bonds is 5. The molecule has 2 fully saturated rings. The fraction of sp³-hybridized carbons (Fsp3) is 0.760. The number of carbonyl (C=O) groups excluding carboxylic acids is 2. The van der Waals surface area contributed by atoms with E-state index in [1.165, 1.54) is 0 Å². The van der Waals surface area contributed by atoms with Crippen LogP contribution >= 0.6 is 0 Å². The molecular weight excluding hydrogens is 380 g/mol. The van der Waals surface area contributed by atoms with E-state index in [0.717, 1.165) is 5.57 Å². The van der Waals surface area contributed by atoms with Crippen molar-refractivity contribution in [2.75, 3.05) is 0 Å². The normalized spacial score (nSPS) is 37.6. The van der Waals surface area contributed by atoms with Crippen LogP contribution in [0.15, 0.2) is 23.0 Å². The van der Waals surface area contributed by atoms with Gasteiger partial charge in [-0.2, -0.15) is 0 Å². The first kappa shape index (κ1) is 23.2. The molecular formula is C25H38O5.